The van der Waals surface area contributed by atoms with Crippen LogP contribution in [-0.2, 0) is 0 Å². The van der Waals surface area contributed by atoms with Gasteiger partial charge in [0, 0.05) is 24.3 Å². The van der Waals surface area contributed by atoms with E-state index < -0.39 is 6.09 Å². The maximum atomic E-state index is 11.1. The zero-order valence-corrected chi connectivity index (χ0v) is 8.41. The number of amides is 1. The molecule has 2 rings (SSSR count). The summed E-state index contributed by atoms with van der Waals surface area (Å²) in [7, 11) is 0. The molecule has 0 bridgehead atoms. The van der Waals surface area contributed by atoms with Crippen LogP contribution in [0.4, 0.5) is 4.79 Å². The Morgan fingerprint density at radius 2 is 2.33 bits per heavy atom. The SMILES string of the molecule is CCNC(=O)Oc1ccc2cc[nH]c2c1. The Balaban J connectivity index is 2.17. The predicted molar refractivity (Wildman–Crippen MR) is 58.0 cm³/mol. The molecule has 0 saturated heterocycles. The fourth-order valence-corrected chi connectivity index (χ4v) is 1.38. The van der Waals surface area contributed by atoms with Gasteiger partial charge >= 0.3 is 6.09 Å². The highest BCUT2D eigenvalue weighted by molar-refractivity contribution is 5.81. The summed E-state index contributed by atoms with van der Waals surface area (Å²) in [6.45, 7) is 2.40. The second-order valence-electron chi connectivity index (χ2n) is 3.15. The molecule has 1 aromatic carbocycles. The Bertz CT molecular complexity index is 476. The van der Waals surface area contributed by atoms with Gasteiger partial charge in [-0.1, -0.05) is 0 Å². The zero-order chi connectivity index (χ0) is 10.7. The van der Waals surface area contributed by atoms with Crippen molar-refractivity contribution in [3.05, 3.63) is 30.5 Å². The molecule has 15 heavy (non-hydrogen) atoms. The Morgan fingerprint density at radius 1 is 1.47 bits per heavy atom. The van der Waals surface area contributed by atoms with Gasteiger partial charge in [0.2, 0.25) is 0 Å². The summed E-state index contributed by atoms with van der Waals surface area (Å²) in [5.41, 5.74) is 0.955. The molecule has 0 radical (unpaired) electrons. The fraction of sp³-hybridized carbons (Fsp3) is 0.182. The number of carbonyl (C=O) groups is 1. The van der Waals surface area contributed by atoms with Crippen molar-refractivity contribution >= 4 is 17.0 Å². The second-order valence-corrected chi connectivity index (χ2v) is 3.15. The van der Waals surface area contributed by atoms with Crippen LogP contribution in [0, 0.1) is 0 Å². The average Bonchev–Trinajstić information content (AvgIpc) is 2.65. The van der Waals surface area contributed by atoms with E-state index in [4.69, 9.17) is 4.74 Å². The average molecular weight is 204 g/mol. The standard InChI is InChI=1S/C11H12N2O2/c1-2-12-11(14)15-9-4-3-8-5-6-13-10(8)7-9/h3-7,13H,2H2,1H3,(H,12,14). The van der Waals surface area contributed by atoms with Crippen molar-refractivity contribution in [2.75, 3.05) is 6.54 Å². The number of ether oxygens (including phenoxy) is 1. The lowest BCUT2D eigenvalue weighted by atomic mass is 10.2. The molecule has 4 nitrogen and oxygen atoms in total. The van der Waals surface area contributed by atoms with Gasteiger partial charge in [-0.05, 0) is 30.5 Å². The third-order valence-electron chi connectivity index (χ3n) is 2.06. The Hall–Kier alpha value is -1.97. The third kappa shape index (κ3) is 2.10. The molecule has 1 aromatic heterocycles. The first-order valence-electron chi connectivity index (χ1n) is 4.82. The molecule has 0 aliphatic heterocycles. The van der Waals surface area contributed by atoms with Crippen molar-refractivity contribution in [3.63, 3.8) is 0 Å². The largest absolute Gasteiger partial charge is 0.412 e. The van der Waals surface area contributed by atoms with E-state index in [1.807, 2.05) is 25.3 Å². The normalized spacial score (nSPS) is 10.2. The van der Waals surface area contributed by atoms with E-state index in [0.29, 0.717) is 12.3 Å². The lowest BCUT2D eigenvalue weighted by Gasteiger charge is -2.04. The summed E-state index contributed by atoms with van der Waals surface area (Å²) in [4.78, 5) is 14.2. The number of carbonyl (C=O) groups excluding carboxylic acids is 1. The smallest absolute Gasteiger partial charge is 0.410 e. The molecular weight excluding hydrogens is 192 g/mol. The van der Waals surface area contributed by atoms with Gasteiger partial charge in [-0.3, -0.25) is 0 Å². The highest BCUT2D eigenvalue weighted by Crippen LogP contribution is 2.19. The van der Waals surface area contributed by atoms with E-state index in [1.54, 1.807) is 12.1 Å². The van der Waals surface area contributed by atoms with Crippen LogP contribution in [0.2, 0.25) is 0 Å². The molecule has 2 N–H and O–H groups in total. The fourth-order valence-electron chi connectivity index (χ4n) is 1.38. The predicted octanol–water partition coefficient (Wildman–Crippen LogP) is 2.28. The van der Waals surface area contributed by atoms with Crippen LogP contribution < -0.4 is 10.1 Å². The van der Waals surface area contributed by atoms with Crippen molar-refractivity contribution in [2.24, 2.45) is 0 Å². The molecule has 0 fully saturated rings. The minimum atomic E-state index is -0.427. The van der Waals surface area contributed by atoms with Crippen LogP contribution in [-0.4, -0.2) is 17.6 Å². The first kappa shape index (κ1) is 9.58. The van der Waals surface area contributed by atoms with Crippen molar-refractivity contribution in [3.8, 4) is 5.75 Å². The molecule has 78 valence electrons. The Labute approximate surface area is 87.2 Å². The Kier molecular flexibility index (Phi) is 2.58. The molecule has 4 heteroatoms. The van der Waals surface area contributed by atoms with Gasteiger partial charge in [0.25, 0.3) is 0 Å². The van der Waals surface area contributed by atoms with Gasteiger partial charge in [0.05, 0.1) is 0 Å². The lowest BCUT2D eigenvalue weighted by Crippen LogP contribution is -2.26. The third-order valence-corrected chi connectivity index (χ3v) is 2.06. The molecule has 1 heterocycles. The van der Waals surface area contributed by atoms with Crippen molar-refractivity contribution < 1.29 is 9.53 Å². The van der Waals surface area contributed by atoms with Crippen LogP contribution >= 0.6 is 0 Å². The van der Waals surface area contributed by atoms with E-state index in [-0.39, 0.29) is 0 Å². The number of aromatic nitrogens is 1. The zero-order valence-electron chi connectivity index (χ0n) is 8.41. The van der Waals surface area contributed by atoms with Gasteiger partial charge in [0.15, 0.2) is 0 Å². The van der Waals surface area contributed by atoms with E-state index in [1.165, 1.54) is 0 Å². The minimum absolute atomic E-state index is 0.427. The summed E-state index contributed by atoms with van der Waals surface area (Å²) in [6.07, 6.45) is 1.42. The molecule has 0 saturated carbocycles. The quantitative estimate of drug-likeness (QED) is 0.788. The van der Waals surface area contributed by atoms with E-state index in [0.717, 1.165) is 10.9 Å². The van der Waals surface area contributed by atoms with Crippen LogP contribution in [0.15, 0.2) is 30.5 Å². The van der Waals surface area contributed by atoms with Gasteiger partial charge < -0.3 is 15.0 Å². The number of benzene rings is 1. The Morgan fingerprint density at radius 3 is 3.13 bits per heavy atom. The van der Waals surface area contributed by atoms with E-state index in [9.17, 15) is 4.79 Å². The first-order chi connectivity index (χ1) is 7.29. The van der Waals surface area contributed by atoms with Crippen molar-refractivity contribution in [2.45, 2.75) is 6.92 Å². The number of fused-ring (bicyclic) bond motifs is 1. The van der Waals surface area contributed by atoms with Crippen LogP contribution in [0.5, 0.6) is 5.75 Å². The highest BCUT2D eigenvalue weighted by Gasteiger charge is 2.03. The molecule has 0 unspecified atom stereocenters. The van der Waals surface area contributed by atoms with Crippen LogP contribution in [0.25, 0.3) is 10.9 Å². The number of H-pyrrole nitrogens is 1. The van der Waals surface area contributed by atoms with Gasteiger partial charge in [-0.15, -0.1) is 0 Å². The molecule has 2 aromatic rings. The van der Waals surface area contributed by atoms with Gasteiger partial charge in [-0.2, -0.15) is 0 Å². The van der Waals surface area contributed by atoms with Crippen molar-refractivity contribution in [1.82, 2.24) is 10.3 Å². The summed E-state index contributed by atoms with van der Waals surface area (Å²) in [5, 5.41) is 3.66. The number of rotatable bonds is 2. The topological polar surface area (TPSA) is 54.1 Å². The minimum Gasteiger partial charge on any atom is -0.410 e. The number of nitrogens with one attached hydrogen (secondary N) is 2. The van der Waals surface area contributed by atoms with Gasteiger partial charge in [0.1, 0.15) is 5.75 Å². The second kappa shape index (κ2) is 4.04. The maximum Gasteiger partial charge on any atom is 0.412 e. The van der Waals surface area contributed by atoms with Crippen molar-refractivity contribution in [1.29, 1.82) is 0 Å². The highest BCUT2D eigenvalue weighted by atomic mass is 16.5. The monoisotopic (exact) mass is 204 g/mol. The van der Waals surface area contributed by atoms with E-state index in [2.05, 4.69) is 10.3 Å². The van der Waals surface area contributed by atoms with E-state index >= 15 is 0 Å². The molecule has 1 amide bonds. The summed E-state index contributed by atoms with van der Waals surface area (Å²) in [6, 6.07) is 7.43. The molecule has 0 aliphatic carbocycles. The number of hydrogen-bond donors (Lipinski definition) is 2. The van der Waals surface area contributed by atoms with Crippen LogP contribution in [0.1, 0.15) is 6.92 Å². The summed E-state index contributed by atoms with van der Waals surface area (Å²) < 4.78 is 5.06. The van der Waals surface area contributed by atoms with Gasteiger partial charge in [-0.25, -0.2) is 4.79 Å². The lowest BCUT2D eigenvalue weighted by molar-refractivity contribution is 0.201. The summed E-state index contributed by atoms with van der Waals surface area (Å²) >= 11 is 0. The molecule has 0 aliphatic rings. The molecular formula is C11H12N2O2. The maximum absolute atomic E-state index is 11.1. The summed E-state index contributed by atoms with van der Waals surface area (Å²) in [5.74, 6) is 0.538. The number of aromatic amines is 1. The molecule has 0 atom stereocenters. The number of hydrogen-bond acceptors (Lipinski definition) is 2. The molecule has 0 spiro atoms. The first-order valence-corrected chi connectivity index (χ1v) is 4.82. The van der Waals surface area contributed by atoms with Crippen LogP contribution in [0.3, 0.4) is 0 Å².